The average molecular weight is 704 g/mol. The molecule has 4 aromatic rings. The number of hydrogen-bond acceptors (Lipinski definition) is 6. The maximum Gasteiger partial charge on any atom is 0.224 e. The first-order valence-corrected chi connectivity index (χ1v) is 17.8. The van der Waals surface area contributed by atoms with Gasteiger partial charge in [0.1, 0.15) is 11.5 Å². The van der Waals surface area contributed by atoms with Gasteiger partial charge in [0, 0.05) is 50.4 Å². The molecule has 6 nitrogen and oxygen atoms in total. The van der Waals surface area contributed by atoms with Crippen LogP contribution in [0.5, 0.6) is 23.3 Å². The Labute approximate surface area is 292 Å². The van der Waals surface area contributed by atoms with Crippen molar-refractivity contribution >= 4 is 27.3 Å². The highest BCUT2D eigenvalue weighted by atomic mass is 79.9. The number of hydrogen-bond donors (Lipinski definition) is 2. The molecule has 47 heavy (non-hydrogen) atoms. The van der Waals surface area contributed by atoms with Crippen molar-refractivity contribution in [3.05, 3.63) is 91.7 Å². The molecule has 0 amide bonds. The molecule has 254 valence electrons. The first kappa shape index (κ1) is 37.9. The zero-order chi connectivity index (χ0) is 34.8. The number of aryl methyl sites for hydroxylation is 6. The zero-order valence-electron chi connectivity index (χ0n) is 30.6. The predicted molar refractivity (Wildman–Crippen MR) is 203 cm³/mol. The molecule has 7 heteroatoms. The second kappa shape index (κ2) is 17.5. The molecule has 2 aromatic carbocycles. The molecule has 0 spiro atoms. The van der Waals surface area contributed by atoms with Crippen molar-refractivity contribution in [2.75, 3.05) is 10.6 Å². The third-order valence-electron chi connectivity index (χ3n) is 8.63. The van der Waals surface area contributed by atoms with Gasteiger partial charge in [0.25, 0.3) is 0 Å². The fourth-order valence-corrected chi connectivity index (χ4v) is 6.24. The Morgan fingerprint density at radius 1 is 0.574 bits per heavy atom. The van der Waals surface area contributed by atoms with E-state index in [1.807, 2.05) is 19.9 Å². The fourth-order valence-electron chi connectivity index (χ4n) is 5.55. The third kappa shape index (κ3) is 10.2. The highest BCUT2D eigenvalue weighted by Gasteiger charge is 2.16. The molecule has 2 aromatic heterocycles. The molecule has 0 radical (unpaired) electrons. The number of nitrogens with zero attached hydrogens (tertiary/aromatic N) is 2. The summed E-state index contributed by atoms with van der Waals surface area (Å²) in [5, 5.41) is 7.25. The molecule has 0 aliphatic rings. The summed E-state index contributed by atoms with van der Waals surface area (Å²) in [6.45, 7) is 25.2. The van der Waals surface area contributed by atoms with Gasteiger partial charge < -0.3 is 20.1 Å². The van der Waals surface area contributed by atoms with Crippen LogP contribution in [0.3, 0.4) is 0 Å². The van der Waals surface area contributed by atoms with E-state index in [4.69, 9.17) is 9.47 Å². The van der Waals surface area contributed by atoms with Gasteiger partial charge in [0.2, 0.25) is 11.8 Å². The van der Waals surface area contributed by atoms with Gasteiger partial charge in [-0.05, 0) is 128 Å². The van der Waals surface area contributed by atoms with Gasteiger partial charge in [-0.3, -0.25) is 0 Å². The standard InChI is InChI=1S/C20H27BrN2O.C20H28N2O/c1-7-17(8-2)23-18-11-14(5)22-20(15(18)6)24-19-12(3)9-16(21)10-13(19)4;1-7-17(8-2)22-18-12-15(5)21-20(16(18)6)23-19-13(3)10-9-11-14(19)4/h9-11,17H,7-8H2,1-6H3,(H,22,23);9-12,17H,7-8H2,1-6H3,(H,21,22). The molecule has 0 bridgehead atoms. The number of halogens is 1. The predicted octanol–water partition coefficient (Wildman–Crippen LogP) is 12.2. The lowest BCUT2D eigenvalue weighted by Crippen LogP contribution is -2.18. The Morgan fingerprint density at radius 3 is 1.30 bits per heavy atom. The molecule has 0 saturated heterocycles. The molecule has 0 aliphatic carbocycles. The van der Waals surface area contributed by atoms with Crippen LogP contribution in [0.2, 0.25) is 0 Å². The molecule has 0 fully saturated rings. The lowest BCUT2D eigenvalue weighted by atomic mass is 10.1. The van der Waals surface area contributed by atoms with Crippen LogP contribution in [0.25, 0.3) is 0 Å². The second-order valence-corrected chi connectivity index (χ2v) is 13.5. The summed E-state index contributed by atoms with van der Waals surface area (Å²) in [5.41, 5.74) is 10.7. The van der Waals surface area contributed by atoms with E-state index in [-0.39, 0.29) is 0 Å². The molecule has 4 rings (SSSR count). The molecule has 2 heterocycles. The molecule has 0 saturated carbocycles. The fraction of sp³-hybridized carbons (Fsp3) is 0.450. The number of pyridine rings is 2. The average Bonchev–Trinajstić information content (AvgIpc) is 3.02. The molecular weight excluding hydrogens is 648 g/mol. The topological polar surface area (TPSA) is 68.3 Å². The summed E-state index contributed by atoms with van der Waals surface area (Å²) in [5.74, 6) is 3.16. The maximum absolute atomic E-state index is 6.22. The lowest BCUT2D eigenvalue weighted by Gasteiger charge is -2.20. The van der Waals surface area contributed by atoms with Crippen LogP contribution in [0, 0.1) is 55.4 Å². The number of rotatable bonds is 12. The number of aromatic nitrogens is 2. The third-order valence-corrected chi connectivity index (χ3v) is 9.09. The van der Waals surface area contributed by atoms with Crippen LogP contribution in [-0.2, 0) is 0 Å². The van der Waals surface area contributed by atoms with E-state index >= 15 is 0 Å². The van der Waals surface area contributed by atoms with Crippen LogP contribution >= 0.6 is 15.9 Å². The van der Waals surface area contributed by atoms with Crippen LogP contribution in [0.1, 0.15) is 98.1 Å². The molecule has 0 aliphatic heterocycles. The van der Waals surface area contributed by atoms with Crippen molar-refractivity contribution in [2.24, 2.45) is 0 Å². The summed E-state index contributed by atoms with van der Waals surface area (Å²) in [7, 11) is 0. The summed E-state index contributed by atoms with van der Waals surface area (Å²) in [6, 6.07) is 15.5. The minimum Gasteiger partial charge on any atom is -0.438 e. The second-order valence-electron chi connectivity index (χ2n) is 12.6. The van der Waals surface area contributed by atoms with E-state index in [0.717, 1.165) is 97.8 Å². The van der Waals surface area contributed by atoms with Crippen LogP contribution in [0.15, 0.2) is 46.9 Å². The molecule has 0 atom stereocenters. The van der Waals surface area contributed by atoms with Crippen molar-refractivity contribution in [1.29, 1.82) is 0 Å². The highest BCUT2D eigenvalue weighted by molar-refractivity contribution is 9.10. The van der Waals surface area contributed by atoms with Crippen LogP contribution in [0.4, 0.5) is 11.4 Å². The van der Waals surface area contributed by atoms with E-state index in [1.54, 1.807) is 0 Å². The lowest BCUT2D eigenvalue weighted by molar-refractivity contribution is 0.450. The number of nitrogens with one attached hydrogen (secondary N) is 2. The maximum atomic E-state index is 6.22. The van der Waals surface area contributed by atoms with Crippen LogP contribution < -0.4 is 20.1 Å². The minimum absolute atomic E-state index is 0.467. The summed E-state index contributed by atoms with van der Waals surface area (Å²) in [6.07, 6.45) is 4.39. The van der Waals surface area contributed by atoms with Gasteiger partial charge in [-0.2, -0.15) is 0 Å². The Kier molecular flexibility index (Phi) is 14.1. The molecular formula is C40H55BrN4O2. The van der Waals surface area contributed by atoms with Gasteiger partial charge in [-0.1, -0.05) is 61.8 Å². The van der Waals surface area contributed by atoms with Crippen molar-refractivity contribution in [2.45, 2.75) is 121 Å². The van der Waals surface area contributed by atoms with Gasteiger partial charge in [-0.15, -0.1) is 0 Å². The largest absolute Gasteiger partial charge is 0.438 e. The van der Waals surface area contributed by atoms with Gasteiger partial charge in [0.15, 0.2) is 0 Å². The van der Waals surface area contributed by atoms with Crippen molar-refractivity contribution in [3.63, 3.8) is 0 Å². The first-order chi connectivity index (χ1) is 22.3. The molecule has 2 N–H and O–H groups in total. The van der Waals surface area contributed by atoms with Gasteiger partial charge in [-0.25, -0.2) is 9.97 Å². The number of anilines is 2. The first-order valence-electron chi connectivity index (χ1n) is 17.0. The SMILES string of the molecule is CCC(CC)Nc1cc(C)nc(Oc2c(C)cc(Br)cc2C)c1C.CCC(CC)Nc1cc(C)nc(Oc2c(C)cccc2C)c1C. The summed E-state index contributed by atoms with van der Waals surface area (Å²) < 4.78 is 13.5. The molecule has 0 unspecified atom stereocenters. The Bertz CT molecular complexity index is 1600. The van der Waals surface area contributed by atoms with Crippen LogP contribution in [-0.4, -0.2) is 22.1 Å². The van der Waals surface area contributed by atoms with Crippen molar-refractivity contribution in [1.82, 2.24) is 9.97 Å². The van der Waals surface area contributed by atoms with E-state index in [0.29, 0.717) is 23.8 Å². The van der Waals surface area contributed by atoms with E-state index in [2.05, 4.69) is 142 Å². The van der Waals surface area contributed by atoms with Crippen molar-refractivity contribution < 1.29 is 9.47 Å². The minimum atomic E-state index is 0.467. The Hall–Kier alpha value is -3.58. The quantitative estimate of drug-likeness (QED) is 0.153. The summed E-state index contributed by atoms with van der Waals surface area (Å²) in [4.78, 5) is 9.23. The smallest absolute Gasteiger partial charge is 0.224 e. The highest BCUT2D eigenvalue weighted by Crippen LogP contribution is 2.35. The van der Waals surface area contributed by atoms with Gasteiger partial charge >= 0.3 is 0 Å². The monoisotopic (exact) mass is 702 g/mol. The number of ether oxygens (including phenoxy) is 2. The summed E-state index contributed by atoms with van der Waals surface area (Å²) >= 11 is 3.53. The van der Waals surface area contributed by atoms with E-state index in [1.165, 1.54) is 0 Å². The normalized spacial score (nSPS) is 11.0. The Morgan fingerprint density at radius 2 is 0.936 bits per heavy atom. The van der Waals surface area contributed by atoms with Gasteiger partial charge in [0.05, 0.1) is 0 Å². The van der Waals surface area contributed by atoms with E-state index < -0.39 is 0 Å². The number of benzene rings is 2. The Balaban J connectivity index is 0.000000256. The van der Waals surface area contributed by atoms with E-state index in [9.17, 15) is 0 Å². The zero-order valence-corrected chi connectivity index (χ0v) is 32.2. The number of para-hydroxylation sites is 1. The van der Waals surface area contributed by atoms with Crippen molar-refractivity contribution in [3.8, 4) is 23.3 Å².